The Hall–Kier alpha value is -9.50. The molecule has 13 aromatic rings. The highest BCUT2D eigenvalue weighted by atomic mass is 15.1. The molecule has 0 aliphatic heterocycles. The van der Waals surface area contributed by atoms with Crippen molar-refractivity contribution in [3.63, 3.8) is 0 Å². The average Bonchev–Trinajstić information content (AvgIpc) is 3.46. The van der Waals surface area contributed by atoms with Crippen molar-refractivity contribution >= 4 is 77.2 Å². The summed E-state index contributed by atoms with van der Waals surface area (Å²) in [5.41, 5.74) is 18.9. The minimum atomic E-state index is 1.11. The van der Waals surface area contributed by atoms with Crippen LogP contribution in [0.15, 0.2) is 279 Å². The maximum Gasteiger partial charge on any atom is 0.0540 e. The first kappa shape index (κ1) is 44.4. The van der Waals surface area contributed by atoms with E-state index in [1.807, 2.05) is 0 Å². The first-order valence-corrected chi connectivity index (χ1v) is 25.6. The lowest BCUT2D eigenvalue weighted by atomic mass is 9.82. The van der Waals surface area contributed by atoms with Gasteiger partial charge in [0.25, 0.3) is 0 Å². The summed E-state index contributed by atoms with van der Waals surface area (Å²) in [6.07, 6.45) is 0. The van der Waals surface area contributed by atoms with Gasteiger partial charge >= 0.3 is 0 Å². The Balaban J connectivity index is 0.963. The zero-order valence-electron chi connectivity index (χ0n) is 41.5. The Morgan fingerprint density at radius 3 is 0.986 bits per heavy atom. The van der Waals surface area contributed by atoms with Gasteiger partial charge in [-0.05, 0) is 175 Å². The van der Waals surface area contributed by atoms with Crippen LogP contribution in [0, 0.1) is 13.8 Å². The molecule has 0 aliphatic carbocycles. The van der Waals surface area contributed by atoms with Crippen LogP contribution in [0.3, 0.4) is 0 Å². The third-order valence-electron chi connectivity index (χ3n) is 14.9. The number of nitrogens with zero attached hydrogens (tertiary/aromatic N) is 2. The number of hydrogen-bond acceptors (Lipinski definition) is 2. The molecule has 0 radical (unpaired) electrons. The SMILES string of the molecule is Cc1ccccc1-c1c2ccc(-c3ccc(N(c4ccccc4)c4cccc5ccccc45)cc3)cc2c(-c2ccccc2C)c2ccc(-c3ccc(N(c4ccccc4)c4cccc5ccccc45)cc3)cc12. The van der Waals surface area contributed by atoms with E-state index in [-0.39, 0.29) is 0 Å². The standard InChI is InChI=1S/C72H52N2/c1-49-19-9-13-29-61(49)71-65-45-39-56(52-37-43-60(44-38-52)74(58-27-7-4-8-28-58)70-34-18-24-54-22-12-16-32-64(54)70)48-68(65)72(62-30-14-10-20-50(62)2)66-46-40-55(47-67(66)71)51-35-41-59(42-36-51)73(57-25-5-3-6-26-57)69-33-17-23-53-21-11-15-31-63(53)69/h3-48H,1-2H3. The van der Waals surface area contributed by atoms with Crippen LogP contribution < -0.4 is 9.80 Å². The smallest absolute Gasteiger partial charge is 0.0540 e. The van der Waals surface area contributed by atoms with Crippen molar-refractivity contribution in [3.05, 3.63) is 290 Å². The predicted octanol–water partition coefficient (Wildman–Crippen LogP) is 20.5. The number of para-hydroxylation sites is 2. The number of hydrogen-bond donors (Lipinski definition) is 0. The summed E-state index contributed by atoms with van der Waals surface area (Å²) in [5, 5.41) is 9.80. The molecule has 74 heavy (non-hydrogen) atoms. The molecule has 0 saturated heterocycles. The Bertz CT molecular complexity index is 3910. The summed E-state index contributed by atoms with van der Waals surface area (Å²) in [6, 6.07) is 102. The van der Waals surface area contributed by atoms with Crippen LogP contribution in [0.25, 0.3) is 87.6 Å². The fraction of sp³-hybridized carbons (Fsp3) is 0.0278. The molecule has 0 unspecified atom stereocenters. The minimum Gasteiger partial charge on any atom is -0.310 e. The van der Waals surface area contributed by atoms with E-state index in [1.165, 1.54) is 98.7 Å². The van der Waals surface area contributed by atoms with E-state index in [4.69, 9.17) is 0 Å². The van der Waals surface area contributed by atoms with Gasteiger partial charge in [0.15, 0.2) is 0 Å². The topological polar surface area (TPSA) is 6.48 Å². The summed E-state index contributed by atoms with van der Waals surface area (Å²) >= 11 is 0. The van der Waals surface area contributed by atoms with Gasteiger partial charge in [-0.2, -0.15) is 0 Å². The van der Waals surface area contributed by atoms with Gasteiger partial charge in [-0.25, -0.2) is 0 Å². The summed E-state index contributed by atoms with van der Waals surface area (Å²) < 4.78 is 0. The maximum atomic E-state index is 2.44. The second-order valence-electron chi connectivity index (χ2n) is 19.3. The fourth-order valence-electron chi connectivity index (χ4n) is 11.3. The van der Waals surface area contributed by atoms with Crippen LogP contribution in [0.2, 0.25) is 0 Å². The van der Waals surface area contributed by atoms with E-state index in [0.717, 1.165) is 34.1 Å². The molecule has 0 bridgehead atoms. The molecule has 0 spiro atoms. The van der Waals surface area contributed by atoms with Crippen molar-refractivity contribution in [2.24, 2.45) is 0 Å². The third-order valence-corrected chi connectivity index (χ3v) is 14.9. The van der Waals surface area contributed by atoms with Gasteiger partial charge < -0.3 is 9.80 Å². The van der Waals surface area contributed by atoms with E-state index < -0.39 is 0 Å². The van der Waals surface area contributed by atoms with E-state index in [0.29, 0.717) is 0 Å². The first-order valence-electron chi connectivity index (χ1n) is 25.6. The van der Waals surface area contributed by atoms with Crippen molar-refractivity contribution in [1.29, 1.82) is 0 Å². The van der Waals surface area contributed by atoms with Crippen LogP contribution in [0.4, 0.5) is 34.1 Å². The molecule has 0 atom stereocenters. The van der Waals surface area contributed by atoms with Gasteiger partial charge in [-0.1, -0.05) is 206 Å². The van der Waals surface area contributed by atoms with E-state index in [1.54, 1.807) is 0 Å². The van der Waals surface area contributed by atoms with E-state index >= 15 is 0 Å². The second kappa shape index (κ2) is 18.9. The van der Waals surface area contributed by atoms with Crippen LogP contribution in [-0.4, -0.2) is 0 Å². The van der Waals surface area contributed by atoms with Gasteiger partial charge in [-0.3, -0.25) is 0 Å². The molecule has 0 saturated carbocycles. The molecule has 0 aromatic heterocycles. The summed E-state index contributed by atoms with van der Waals surface area (Å²) in [6.45, 7) is 4.48. The maximum absolute atomic E-state index is 2.44. The fourth-order valence-corrected chi connectivity index (χ4v) is 11.3. The average molecular weight is 945 g/mol. The zero-order chi connectivity index (χ0) is 49.5. The van der Waals surface area contributed by atoms with Crippen molar-refractivity contribution in [1.82, 2.24) is 0 Å². The summed E-state index contributed by atoms with van der Waals surface area (Å²) in [5.74, 6) is 0. The molecule has 2 heteroatoms. The van der Waals surface area contributed by atoms with E-state index in [9.17, 15) is 0 Å². The molecule has 0 amide bonds. The highest BCUT2D eigenvalue weighted by Gasteiger charge is 2.22. The largest absolute Gasteiger partial charge is 0.310 e. The molecule has 13 rings (SSSR count). The summed E-state index contributed by atoms with van der Waals surface area (Å²) in [7, 11) is 0. The van der Waals surface area contributed by atoms with Crippen LogP contribution in [0.5, 0.6) is 0 Å². The molecular formula is C72H52N2. The number of rotatable bonds is 10. The quantitative estimate of drug-likeness (QED) is 0.126. The number of anilines is 6. The van der Waals surface area contributed by atoms with Gasteiger partial charge in [-0.15, -0.1) is 0 Å². The molecule has 0 aliphatic rings. The minimum absolute atomic E-state index is 1.11. The highest BCUT2D eigenvalue weighted by Crippen LogP contribution is 2.48. The lowest BCUT2D eigenvalue weighted by Crippen LogP contribution is -2.10. The van der Waals surface area contributed by atoms with Crippen molar-refractivity contribution < 1.29 is 0 Å². The van der Waals surface area contributed by atoms with Crippen molar-refractivity contribution in [2.45, 2.75) is 13.8 Å². The van der Waals surface area contributed by atoms with Crippen molar-refractivity contribution in [2.75, 3.05) is 9.80 Å². The molecule has 0 fully saturated rings. The van der Waals surface area contributed by atoms with Crippen LogP contribution in [0.1, 0.15) is 11.1 Å². The van der Waals surface area contributed by atoms with E-state index in [2.05, 4.69) is 303 Å². The molecule has 2 nitrogen and oxygen atoms in total. The number of benzene rings is 13. The van der Waals surface area contributed by atoms with Gasteiger partial charge in [0.1, 0.15) is 0 Å². The first-order chi connectivity index (χ1) is 36.6. The predicted molar refractivity (Wildman–Crippen MR) is 317 cm³/mol. The monoisotopic (exact) mass is 944 g/mol. The van der Waals surface area contributed by atoms with Crippen LogP contribution in [-0.2, 0) is 0 Å². The van der Waals surface area contributed by atoms with Gasteiger partial charge in [0.05, 0.1) is 11.4 Å². The van der Waals surface area contributed by atoms with Gasteiger partial charge in [0, 0.05) is 33.5 Å². The number of fused-ring (bicyclic) bond motifs is 4. The normalized spacial score (nSPS) is 11.4. The molecule has 0 heterocycles. The Morgan fingerprint density at radius 1 is 0.230 bits per heavy atom. The molecular weight excluding hydrogens is 893 g/mol. The lowest BCUT2D eigenvalue weighted by Gasteiger charge is -2.27. The summed E-state index contributed by atoms with van der Waals surface area (Å²) in [4.78, 5) is 4.75. The molecule has 350 valence electrons. The lowest BCUT2D eigenvalue weighted by molar-refractivity contribution is 1.30. The zero-order valence-corrected chi connectivity index (χ0v) is 41.5. The number of aryl methyl sites for hydroxylation is 2. The molecule has 0 N–H and O–H groups in total. The Labute approximate surface area is 433 Å². The van der Waals surface area contributed by atoms with Gasteiger partial charge in [0.2, 0.25) is 0 Å². The second-order valence-corrected chi connectivity index (χ2v) is 19.3. The van der Waals surface area contributed by atoms with Crippen LogP contribution >= 0.6 is 0 Å². The molecule has 13 aromatic carbocycles. The van der Waals surface area contributed by atoms with Crippen molar-refractivity contribution in [3.8, 4) is 44.5 Å². The Kier molecular flexibility index (Phi) is 11.4. The Morgan fingerprint density at radius 2 is 0.568 bits per heavy atom. The highest BCUT2D eigenvalue weighted by molar-refractivity contribution is 6.23. The third kappa shape index (κ3) is 7.94.